The minimum atomic E-state index is -1.49. The average Bonchev–Trinajstić information content (AvgIpc) is 3.00. The number of anilines is 4. The fourth-order valence-corrected chi connectivity index (χ4v) is 5.16. The number of nitrogens with one attached hydrogen (secondary N) is 4. The van der Waals surface area contributed by atoms with E-state index >= 15 is 0 Å². The first kappa shape index (κ1) is 35.3. The van der Waals surface area contributed by atoms with Crippen molar-refractivity contribution in [2.24, 2.45) is 11.8 Å². The molecule has 2 unspecified atom stereocenters. The first-order valence-electron chi connectivity index (χ1n) is 15.0. The number of hydrogen-bond donors (Lipinski definition) is 4. The molecule has 4 aromatic carbocycles. The third-order valence-corrected chi connectivity index (χ3v) is 7.79. The molecule has 0 bridgehead atoms. The Morgan fingerprint density at radius 1 is 0.458 bits per heavy atom. The lowest BCUT2D eigenvalue weighted by atomic mass is 9.84. The third-order valence-electron chi connectivity index (χ3n) is 7.79. The van der Waals surface area contributed by atoms with Gasteiger partial charge in [0.1, 0.15) is 23.3 Å². The summed E-state index contributed by atoms with van der Waals surface area (Å²) in [4.78, 5) is 54.7. The lowest BCUT2D eigenvalue weighted by molar-refractivity contribution is -0.134. The number of aryl methyl sites for hydroxylation is 4. The first-order chi connectivity index (χ1) is 22.7. The molecule has 4 amide bonds. The predicted octanol–water partition coefficient (Wildman–Crippen LogP) is 7.34. The predicted molar refractivity (Wildman–Crippen MR) is 175 cm³/mol. The summed E-state index contributed by atoms with van der Waals surface area (Å²) in [6.45, 7) is 6.25. The molecule has 4 N–H and O–H groups in total. The Morgan fingerprint density at radius 3 is 0.958 bits per heavy atom. The SMILES string of the molecule is Cc1cc(F)ccc1NC(=O)CC(C(=O)Nc1ccc(F)cc1C)C(CC(=O)Nc1ccc(F)cc1C)C(=O)Nc1ccc(F)cc1C. The molecule has 0 aliphatic heterocycles. The first-order valence-corrected chi connectivity index (χ1v) is 15.0. The van der Waals surface area contributed by atoms with Gasteiger partial charge in [-0.1, -0.05) is 0 Å². The van der Waals surface area contributed by atoms with Gasteiger partial charge < -0.3 is 21.3 Å². The second-order valence-electron chi connectivity index (χ2n) is 11.5. The average molecular weight is 663 g/mol. The quantitative estimate of drug-likeness (QED) is 0.126. The van der Waals surface area contributed by atoms with Crippen molar-refractivity contribution >= 4 is 46.4 Å². The van der Waals surface area contributed by atoms with Crippen LogP contribution in [0.4, 0.5) is 40.3 Å². The Kier molecular flexibility index (Phi) is 11.3. The summed E-state index contributed by atoms with van der Waals surface area (Å²) in [7, 11) is 0. The summed E-state index contributed by atoms with van der Waals surface area (Å²) in [5.41, 5.74) is 2.48. The molecule has 0 saturated carbocycles. The van der Waals surface area contributed by atoms with Crippen molar-refractivity contribution in [3.63, 3.8) is 0 Å². The van der Waals surface area contributed by atoms with Gasteiger partial charge in [-0.05, 0) is 123 Å². The minimum Gasteiger partial charge on any atom is -0.326 e. The number of amides is 4. The summed E-state index contributed by atoms with van der Waals surface area (Å²) < 4.78 is 55.0. The summed E-state index contributed by atoms with van der Waals surface area (Å²) in [6, 6.07) is 14.7. The number of carbonyl (C=O) groups is 4. The van der Waals surface area contributed by atoms with E-state index in [1.807, 2.05) is 0 Å². The molecule has 4 rings (SSSR count). The summed E-state index contributed by atoms with van der Waals surface area (Å²) >= 11 is 0. The number of carbonyl (C=O) groups excluding carboxylic acids is 4. The number of halogens is 4. The number of rotatable bonds is 11. The van der Waals surface area contributed by atoms with Crippen LogP contribution in [-0.2, 0) is 19.2 Å². The van der Waals surface area contributed by atoms with Crippen LogP contribution in [0.5, 0.6) is 0 Å². The van der Waals surface area contributed by atoms with E-state index in [0.717, 1.165) is 24.3 Å². The largest absolute Gasteiger partial charge is 0.326 e. The van der Waals surface area contributed by atoms with Gasteiger partial charge in [-0.2, -0.15) is 0 Å². The van der Waals surface area contributed by atoms with Gasteiger partial charge in [0.25, 0.3) is 0 Å². The van der Waals surface area contributed by atoms with Crippen molar-refractivity contribution in [2.45, 2.75) is 40.5 Å². The van der Waals surface area contributed by atoms with Crippen LogP contribution >= 0.6 is 0 Å². The molecule has 0 aliphatic carbocycles. The molecule has 4 aromatic rings. The molecule has 0 fully saturated rings. The van der Waals surface area contributed by atoms with Crippen LogP contribution in [0.25, 0.3) is 0 Å². The number of hydrogen-bond acceptors (Lipinski definition) is 4. The van der Waals surface area contributed by atoms with E-state index in [4.69, 9.17) is 0 Å². The highest BCUT2D eigenvalue weighted by Crippen LogP contribution is 2.29. The molecule has 0 aliphatic rings. The minimum absolute atomic E-state index is 0.209. The van der Waals surface area contributed by atoms with Crippen molar-refractivity contribution in [2.75, 3.05) is 21.3 Å². The molecule has 0 saturated heterocycles. The lowest BCUT2D eigenvalue weighted by Crippen LogP contribution is -2.41. The van der Waals surface area contributed by atoms with Crippen LogP contribution in [0.3, 0.4) is 0 Å². The van der Waals surface area contributed by atoms with Crippen LogP contribution in [-0.4, -0.2) is 23.6 Å². The van der Waals surface area contributed by atoms with E-state index in [1.165, 1.54) is 48.5 Å². The van der Waals surface area contributed by atoms with Crippen LogP contribution in [0, 0.1) is 62.8 Å². The lowest BCUT2D eigenvalue weighted by Gasteiger charge is -2.26. The zero-order chi connectivity index (χ0) is 35.1. The van der Waals surface area contributed by atoms with Gasteiger partial charge in [-0.25, -0.2) is 17.6 Å². The molecular weight excluding hydrogens is 628 g/mol. The zero-order valence-electron chi connectivity index (χ0n) is 26.6. The van der Waals surface area contributed by atoms with Crippen molar-refractivity contribution in [1.82, 2.24) is 0 Å². The highest BCUT2D eigenvalue weighted by atomic mass is 19.1. The Bertz CT molecular complexity index is 1750. The van der Waals surface area contributed by atoms with Crippen molar-refractivity contribution in [3.8, 4) is 0 Å². The molecule has 8 nitrogen and oxygen atoms in total. The Balaban J connectivity index is 1.72. The molecule has 0 heterocycles. The normalized spacial score (nSPS) is 12.1. The molecule has 0 spiro atoms. The molecule has 48 heavy (non-hydrogen) atoms. The molecule has 250 valence electrons. The van der Waals surface area contributed by atoms with Gasteiger partial charge in [0.2, 0.25) is 23.6 Å². The summed E-state index contributed by atoms with van der Waals surface area (Å²) in [5.74, 6) is -8.19. The highest BCUT2D eigenvalue weighted by molar-refractivity contribution is 6.05. The van der Waals surface area contributed by atoms with E-state index in [1.54, 1.807) is 27.7 Å². The van der Waals surface area contributed by atoms with Crippen molar-refractivity contribution < 1.29 is 36.7 Å². The van der Waals surface area contributed by atoms with Gasteiger partial charge in [0.15, 0.2) is 0 Å². The molecule has 2 atom stereocenters. The highest BCUT2D eigenvalue weighted by Gasteiger charge is 2.38. The van der Waals surface area contributed by atoms with Crippen molar-refractivity contribution in [3.05, 3.63) is 118 Å². The van der Waals surface area contributed by atoms with E-state index < -0.39 is 71.6 Å². The molecule has 0 radical (unpaired) electrons. The standard InChI is InChI=1S/C36H34F4N4O4/c1-19-13-23(37)5-9-29(19)41-33(45)17-27(35(47)43-31-11-7-25(39)15-21(31)3)28(36(48)44-32-12-8-26(40)16-22(32)4)18-34(46)42-30-10-6-24(38)14-20(30)2/h5-16,27-28H,17-18H2,1-4H3,(H,41,45)(H,42,46)(H,43,47)(H,44,48). The third kappa shape index (κ3) is 9.27. The van der Waals surface area contributed by atoms with E-state index in [-0.39, 0.29) is 22.7 Å². The molecule has 0 aromatic heterocycles. The molecule has 12 heteroatoms. The number of benzene rings is 4. The second kappa shape index (κ2) is 15.4. The van der Waals surface area contributed by atoms with Crippen LogP contribution < -0.4 is 21.3 Å². The van der Waals surface area contributed by atoms with E-state index in [2.05, 4.69) is 21.3 Å². The van der Waals surface area contributed by atoms with Gasteiger partial charge >= 0.3 is 0 Å². The van der Waals surface area contributed by atoms with Crippen LogP contribution in [0.2, 0.25) is 0 Å². The maximum absolute atomic E-state index is 14.0. The maximum Gasteiger partial charge on any atom is 0.228 e. The topological polar surface area (TPSA) is 116 Å². The molecular formula is C36H34F4N4O4. The van der Waals surface area contributed by atoms with Crippen molar-refractivity contribution in [1.29, 1.82) is 0 Å². The zero-order valence-corrected chi connectivity index (χ0v) is 26.6. The Hall–Kier alpha value is -5.52. The van der Waals surface area contributed by atoms with E-state index in [9.17, 15) is 36.7 Å². The van der Waals surface area contributed by atoms with Gasteiger partial charge in [-0.15, -0.1) is 0 Å². The second-order valence-corrected chi connectivity index (χ2v) is 11.5. The summed E-state index contributed by atoms with van der Waals surface area (Å²) in [5, 5.41) is 10.5. The monoisotopic (exact) mass is 662 g/mol. The fourth-order valence-electron chi connectivity index (χ4n) is 5.16. The van der Waals surface area contributed by atoms with E-state index in [0.29, 0.717) is 22.3 Å². The summed E-state index contributed by atoms with van der Waals surface area (Å²) in [6.07, 6.45) is -1.21. The smallest absolute Gasteiger partial charge is 0.228 e. The Morgan fingerprint density at radius 2 is 0.708 bits per heavy atom. The maximum atomic E-state index is 14.0. The van der Waals surface area contributed by atoms with Crippen LogP contribution in [0.1, 0.15) is 35.1 Å². The fraction of sp³-hybridized carbons (Fsp3) is 0.222. The van der Waals surface area contributed by atoms with Crippen LogP contribution in [0.15, 0.2) is 72.8 Å². The van der Waals surface area contributed by atoms with Gasteiger partial charge in [0, 0.05) is 35.6 Å². The van der Waals surface area contributed by atoms with Gasteiger partial charge in [0.05, 0.1) is 11.8 Å². The van der Waals surface area contributed by atoms with Gasteiger partial charge in [-0.3, -0.25) is 19.2 Å². The Labute approximate surface area is 274 Å².